The summed E-state index contributed by atoms with van der Waals surface area (Å²) in [5.41, 5.74) is 2.15. The predicted molar refractivity (Wildman–Crippen MR) is 142 cm³/mol. The summed E-state index contributed by atoms with van der Waals surface area (Å²) in [6, 6.07) is 18.0. The fraction of sp³-hybridized carbons (Fsp3) is 0.379. The number of piperidine rings is 1. The Morgan fingerprint density at radius 3 is 2.49 bits per heavy atom. The molecular weight excluding hydrogens is 466 g/mol. The van der Waals surface area contributed by atoms with Gasteiger partial charge >= 0.3 is 5.56 Å². The molecule has 0 N–H and O–H groups in total. The van der Waals surface area contributed by atoms with Gasteiger partial charge in [0.25, 0.3) is 0 Å². The number of likely N-dealkylation sites (tertiary alicyclic amines) is 1. The van der Waals surface area contributed by atoms with Gasteiger partial charge in [-0.15, -0.1) is 10.2 Å². The molecule has 0 radical (unpaired) electrons. The van der Waals surface area contributed by atoms with Crippen LogP contribution in [0, 0.1) is 5.92 Å². The van der Waals surface area contributed by atoms with Gasteiger partial charge in [0.1, 0.15) is 11.6 Å². The fourth-order valence-electron chi connectivity index (χ4n) is 5.07. The molecule has 2 aromatic heterocycles. The van der Waals surface area contributed by atoms with Crippen molar-refractivity contribution in [1.29, 1.82) is 0 Å². The molecule has 0 atom stereocenters. The topological polar surface area (TPSA) is 81.7 Å². The van der Waals surface area contributed by atoms with Gasteiger partial charge in [-0.1, -0.05) is 30.3 Å². The van der Waals surface area contributed by atoms with Crippen molar-refractivity contribution in [2.75, 3.05) is 19.7 Å². The molecule has 0 saturated carbocycles. The number of hydrogen-bond acceptors (Lipinski definition) is 5. The first kappa shape index (κ1) is 24.7. The third-order valence-corrected chi connectivity index (χ3v) is 7.09. The van der Waals surface area contributed by atoms with Gasteiger partial charge in [-0.05, 0) is 68.4 Å². The lowest BCUT2D eigenvalue weighted by Crippen LogP contribution is -2.38. The molecule has 1 aliphatic rings. The second-order valence-electron chi connectivity index (χ2n) is 9.58. The first-order valence-electron chi connectivity index (χ1n) is 13.1. The average Bonchev–Trinajstić information content (AvgIpc) is 3.34. The zero-order valence-electron chi connectivity index (χ0n) is 21.3. The lowest BCUT2D eigenvalue weighted by Gasteiger charge is -2.32. The number of aromatic nitrogens is 4. The van der Waals surface area contributed by atoms with E-state index in [1.165, 1.54) is 5.56 Å². The minimum Gasteiger partial charge on any atom is -0.494 e. The Labute approximate surface area is 216 Å². The summed E-state index contributed by atoms with van der Waals surface area (Å²) in [6.45, 7) is 4.18. The lowest BCUT2D eigenvalue weighted by molar-refractivity contribution is -0.132. The molecule has 0 spiro atoms. The standard InChI is InChI=1S/C29H33N5O3/c1-2-37-25-13-11-24(12-14-25)33-19-20-34-26(30-31-28(34)29(33)36)9-6-10-27(35)32-17-15-23(16-18-32)21-22-7-4-3-5-8-22/h3-5,7-8,11-14,19-20,23H,2,6,9-10,15-18,21H2,1H3. The second kappa shape index (κ2) is 11.4. The summed E-state index contributed by atoms with van der Waals surface area (Å²) >= 11 is 0. The van der Waals surface area contributed by atoms with E-state index in [0.717, 1.165) is 43.8 Å². The van der Waals surface area contributed by atoms with Crippen LogP contribution in [-0.4, -0.2) is 49.7 Å². The molecule has 3 heterocycles. The van der Waals surface area contributed by atoms with Crippen molar-refractivity contribution >= 4 is 11.6 Å². The maximum atomic E-state index is 13.0. The Bertz CT molecular complexity index is 1390. The zero-order valence-corrected chi connectivity index (χ0v) is 21.3. The van der Waals surface area contributed by atoms with Crippen LogP contribution in [0.4, 0.5) is 0 Å². The van der Waals surface area contributed by atoms with Crippen molar-refractivity contribution in [2.24, 2.45) is 5.92 Å². The number of hydrogen-bond donors (Lipinski definition) is 0. The van der Waals surface area contributed by atoms with Crippen molar-refractivity contribution in [1.82, 2.24) is 24.1 Å². The third kappa shape index (κ3) is 5.74. The number of nitrogens with zero attached hydrogens (tertiary/aromatic N) is 5. The molecule has 1 saturated heterocycles. The number of carbonyl (C=O) groups excluding carboxylic acids is 1. The van der Waals surface area contributed by atoms with Gasteiger partial charge in [0.15, 0.2) is 0 Å². The molecule has 192 valence electrons. The molecule has 1 aliphatic heterocycles. The number of rotatable bonds is 9. The highest BCUT2D eigenvalue weighted by molar-refractivity contribution is 5.76. The van der Waals surface area contributed by atoms with Gasteiger partial charge < -0.3 is 9.64 Å². The minimum absolute atomic E-state index is 0.199. The quantitative estimate of drug-likeness (QED) is 0.347. The smallest absolute Gasteiger partial charge is 0.300 e. The Kier molecular flexibility index (Phi) is 7.63. The van der Waals surface area contributed by atoms with Crippen LogP contribution in [0.3, 0.4) is 0 Å². The molecular formula is C29H33N5O3. The number of aryl methyl sites for hydroxylation is 1. The van der Waals surface area contributed by atoms with Crippen LogP contribution in [0.15, 0.2) is 71.8 Å². The monoisotopic (exact) mass is 499 g/mol. The molecule has 1 fully saturated rings. The Morgan fingerprint density at radius 1 is 1.00 bits per heavy atom. The van der Waals surface area contributed by atoms with Gasteiger partial charge in [0.05, 0.1) is 6.61 Å². The first-order valence-corrected chi connectivity index (χ1v) is 13.1. The lowest BCUT2D eigenvalue weighted by atomic mass is 9.90. The summed E-state index contributed by atoms with van der Waals surface area (Å²) in [7, 11) is 0. The van der Waals surface area contributed by atoms with Crippen LogP contribution in [0.25, 0.3) is 11.3 Å². The maximum absolute atomic E-state index is 13.0. The van der Waals surface area contributed by atoms with Crippen molar-refractivity contribution in [3.63, 3.8) is 0 Å². The first-order chi connectivity index (χ1) is 18.1. The van der Waals surface area contributed by atoms with Crippen molar-refractivity contribution < 1.29 is 9.53 Å². The summed E-state index contributed by atoms with van der Waals surface area (Å²) in [5.74, 6) is 2.29. The van der Waals surface area contributed by atoms with Gasteiger partial charge in [0.2, 0.25) is 11.6 Å². The van der Waals surface area contributed by atoms with E-state index in [2.05, 4.69) is 34.5 Å². The van der Waals surface area contributed by atoms with E-state index >= 15 is 0 Å². The fourth-order valence-corrected chi connectivity index (χ4v) is 5.07. The number of fused-ring (bicyclic) bond motifs is 1. The van der Waals surface area contributed by atoms with Crippen LogP contribution in [0.1, 0.15) is 44.0 Å². The average molecular weight is 500 g/mol. The van der Waals surface area contributed by atoms with Crippen LogP contribution in [-0.2, 0) is 17.6 Å². The van der Waals surface area contributed by atoms with Crippen molar-refractivity contribution in [3.8, 4) is 11.4 Å². The number of benzene rings is 2. The van der Waals surface area contributed by atoms with E-state index in [1.807, 2.05) is 48.4 Å². The highest BCUT2D eigenvalue weighted by Crippen LogP contribution is 2.22. The predicted octanol–water partition coefficient (Wildman–Crippen LogP) is 4.08. The van der Waals surface area contributed by atoms with E-state index in [4.69, 9.17) is 4.74 Å². The van der Waals surface area contributed by atoms with E-state index in [1.54, 1.807) is 15.2 Å². The summed E-state index contributed by atoms with van der Waals surface area (Å²) in [6.07, 6.45) is 8.46. The van der Waals surface area contributed by atoms with Gasteiger partial charge in [-0.25, -0.2) is 0 Å². The van der Waals surface area contributed by atoms with Crippen LogP contribution in [0.2, 0.25) is 0 Å². The van der Waals surface area contributed by atoms with Gasteiger partial charge in [-0.2, -0.15) is 0 Å². The number of ether oxygens (including phenoxy) is 1. The van der Waals surface area contributed by atoms with Crippen molar-refractivity contribution in [2.45, 2.75) is 45.4 Å². The summed E-state index contributed by atoms with van der Waals surface area (Å²) < 4.78 is 8.76. The summed E-state index contributed by atoms with van der Waals surface area (Å²) in [4.78, 5) is 27.8. The van der Waals surface area contributed by atoms with E-state index in [-0.39, 0.29) is 17.1 Å². The maximum Gasteiger partial charge on any atom is 0.300 e. The van der Waals surface area contributed by atoms with Crippen LogP contribution < -0.4 is 10.3 Å². The highest BCUT2D eigenvalue weighted by Gasteiger charge is 2.23. The Balaban J connectivity index is 1.14. The SMILES string of the molecule is CCOc1ccc(-n2ccn3c(CCCC(=O)N4CCC(Cc5ccccc5)CC4)nnc3c2=O)cc1. The van der Waals surface area contributed by atoms with Gasteiger partial charge in [0, 0.05) is 44.0 Å². The highest BCUT2D eigenvalue weighted by atomic mass is 16.5. The number of carbonyl (C=O) groups is 1. The second-order valence-corrected chi connectivity index (χ2v) is 9.58. The van der Waals surface area contributed by atoms with E-state index in [9.17, 15) is 9.59 Å². The molecule has 8 heteroatoms. The molecule has 37 heavy (non-hydrogen) atoms. The van der Waals surface area contributed by atoms with E-state index < -0.39 is 0 Å². The normalized spacial score (nSPS) is 14.2. The molecule has 0 unspecified atom stereocenters. The molecule has 0 bridgehead atoms. The molecule has 5 rings (SSSR count). The number of amides is 1. The molecule has 4 aromatic rings. The largest absolute Gasteiger partial charge is 0.494 e. The molecule has 8 nitrogen and oxygen atoms in total. The Hall–Kier alpha value is -3.94. The molecule has 0 aliphatic carbocycles. The van der Waals surface area contributed by atoms with Crippen LogP contribution in [0.5, 0.6) is 5.75 Å². The van der Waals surface area contributed by atoms with Crippen LogP contribution >= 0.6 is 0 Å². The molecule has 2 aromatic carbocycles. The van der Waals surface area contributed by atoms with Crippen molar-refractivity contribution in [3.05, 3.63) is 88.7 Å². The Morgan fingerprint density at radius 2 is 1.76 bits per heavy atom. The zero-order chi connectivity index (χ0) is 25.6. The minimum atomic E-state index is -0.236. The third-order valence-electron chi connectivity index (χ3n) is 7.09. The summed E-state index contributed by atoms with van der Waals surface area (Å²) in [5, 5.41) is 8.38. The molecule has 1 amide bonds. The van der Waals surface area contributed by atoms with Gasteiger partial charge in [-0.3, -0.25) is 18.6 Å². The van der Waals surface area contributed by atoms with E-state index in [0.29, 0.717) is 37.6 Å².